The molecule has 102 valence electrons. The lowest BCUT2D eigenvalue weighted by Gasteiger charge is -2.53. The summed E-state index contributed by atoms with van der Waals surface area (Å²) < 4.78 is 5.06. The third kappa shape index (κ3) is 1.58. The maximum atomic E-state index is 12.8. The standard InChI is InChI=1S/C15H20N2O2/c1-7-13(16)14(17-19-7)15(18)12-10-3-8-2-9(5-10)6-11(12)4-8/h8-12H,2-6,16H2,1H3. The van der Waals surface area contributed by atoms with Gasteiger partial charge in [-0.15, -0.1) is 0 Å². The molecular weight excluding hydrogens is 240 g/mol. The zero-order valence-electron chi connectivity index (χ0n) is 11.3. The molecule has 2 N–H and O–H groups in total. The Kier molecular flexibility index (Phi) is 2.32. The van der Waals surface area contributed by atoms with Gasteiger partial charge >= 0.3 is 0 Å². The van der Waals surface area contributed by atoms with Crippen molar-refractivity contribution in [3.8, 4) is 0 Å². The van der Waals surface area contributed by atoms with Crippen LogP contribution in [0.15, 0.2) is 4.52 Å². The van der Waals surface area contributed by atoms with E-state index in [2.05, 4.69) is 5.16 Å². The third-order valence-electron chi connectivity index (χ3n) is 5.67. The largest absolute Gasteiger partial charge is 0.394 e. The van der Waals surface area contributed by atoms with Crippen molar-refractivity contribution in [3.63, 3.8) is 0 Å². The molecule has 4 aliphatic carbocycles. The average Bonchev–Trinajstić information content (AvgIpc) is 2.68. The molecule has 4 bridgehead atoms. The Bertz CT molecular complexity index is 506. The molecule has 1 aromatic rings. The van der Waals surface area contributed by atoms with Gasteiger partial charge < -0.3 is 10.3 Å². The van der Waals surface area contributed by atoms with Gasteiger partial charge in [0.05, 0.1) is 0 Å². The van der Waals surface area contributed by atoms with Crippen LogP contribution in [0, 0.1) is 36.5 Å². The van der Waals surface area contributed by atoms with Crippen LogP contribution in [0.5, 0.6) is 0 Å². The van der Waals surface area contributed by atoms with E-state index >= 15 is 0 Å². The quantitative estimate of drug-likeness (QED) is 0.830. The lowest BCUT2D eigenvalue weighted by molar-refractivity contribution is -0.0253. The second-order valence-electron chi connectivity index (χ2n) is 6.82. The molecule has 4 nitrogen and oxygen atoms in total. The first-order valence-corrected chi connectivity index (χ1v) is 7.39. The van der Waals surface area contributed by atoms with Crippen LogP contribution >= 0.6 is 0 Å². The van der Waals surface area contributed by atoms with Crippen molar-refractivity contribution in [2.45, 2.75) is 39.0 Å². The van der Waals surface area contributed by atoms with Crippen LogP contribution in [-0.2, 0) is 0 Å². The van der Waals surface area contributed by atoms with Gasteiger partial charge in [0, 0.05) is 5.92 Å². The number of nitrogen functional groups attached to an aromatic ring is 1. The Morgan fingerprint density at radius 2 is 1.74 bits per heavy atom. The first kappa shape index (κ1) is 11.5. The molecule has 4 aliphatic rings. The van der Waals surface area contributed by atoms with Crippen LogP contribution in [0.1, 0.15) is 48.4 Å². The minimum absolute atomic E-state index is 0.142. The van der Waals surface area contributed by atoms with Crippen LogP contribution < -0.4 is 5.73 Å². The first-order valence-electron chi connectivity index (χ1n) is 7.39. The van der Waals surface area contributed by atoms with Crippen molar-refractivity contribution in [1.29, 1.82) is 0 Å². The summed E-state index contributed by atoms with van der Waals surface area (Å²) in [5.41, 5.74) is 6.75. The zero-order valence-corrected chi connectivity index (χ0v) is 11.3. The van der Waals surface area contributed by atoms with Crippen molar-refractivity contribution >= 4 is 11.5 Å². The molecule has 0 aromatic carbocycles. The summed E-state index contributed by atoms with van der Waals surface area (Å²) >= 11 is 0. The van der Waals surface area contributed by atoms with E-state index in [-0.39, 0.29) is 11.7 Å². The van der Waals surface area contributed by atoms with Crippen molar-refractivity contribution in [3.05, 3.63) is 11.5 Å². The number of aromatic nitrogens is 1. The number of Topliss-reactive ketones (excluding diaryl/α,β-unsaturated/α-hetero) is 1. The summed E-state index contributed by atoms with van der Waals surface area (Å²) in [6.45, 7) is 1.76. The summed E-state index contributed by atoms with van der Waals surface area (Å²) in [5, 5.41) is 3.90. The Morgan fingerprint density at radius 3 is 2.21 bits per heavy atom. The molecule has 0 radical (unpaired) electrons. The number of hydrogen-bond acceptors (Lipinski definition) is 4. The normalized spacial score (nSPS) is 39.7. The fourth-order valence-electron chi connectivity index (χ4n) is 5.07. The van der Waals surface area contributed by atoms with Gasteiger partial charge in [-0.2, -0.15) is 0 Å². The summed E-state index contributed by atoms with van der Waals surface area (Å²) in [6, 6.07) is 0. The smallest absolute Gasteiger partial charge is 0.190 e. The molecule has 1 aromatic heterocycles. The van der Waals surface area contributed by atoms with Crippen LogP contribution in [0.3, 0.4) is 0 Å². The van der Waals surface area contributed by atoms with Gasteiger partial charge in [0.25, 0.3) is 0 Å². The van der Waals surface area contributed by atoms with Gasteiger partial charge in [-0.05, 0) is 62.7 Å². The number of rotatable bonds is 2. The highest BCUT2D eigenvalue weighted by Gasteiger charge is 2.51. The maximum absolute atomic E-state index is 12.8. The van der Waals surface area contributed by atoms with Crippen LogP contribution in [-0.4, -0.2) is 10.9 Å². The molecule has 1 heterocycles. The van der Waals surface area contributed by atoms with E-state index in [4.69, 9.17) is 10.3 Å². The Balaban J connectivity index is 1.66. The Morgan fingerprint density at radius 1 is 1.16 bits per heavy atom. The summed E-state index contributed by atoms with van der Waals surface area (Å²) in [5.74, 6) is 3.75. The molecular formula is C15H20N2O2. The lowest BCUT2D eigenvalue weighted by atomic mass is 9.51. The summed E-state index contributed by atoms with van der Waals surface area (Å²) in [4.78, 5) is 12.8. The molecule has 19 heavy (non-hydrogen) atoms. The van der Waals surface area contributed by atoms with Crippen molar-refractivity contribution < 1.29 is 9.32 Å². The number of anilines is 1. The van der Waals surface area contributed by atoms with Crippen molar-refractivity contribution in [1.82, 2.24) is 5.16 Å². The van der Waals surface area contributed by atoms with E-state index in [0.717, 1.165) is 11.8 Å². The SMILES string of the molecule is Cc1onc(C(=O)C2C3CC4CC(C3)CC2C4)c1N. The molecule has 4 saturated carbocycles. The highest BCUT2D eigenvalue weighted by molar-refractivity contribution is 6.01. The number of nitrogens with zero attached hydrogens (tertiary/aromatic N) is 1. The Labute approximate surface area is 112 Å². The number of ketones is 1. The number of hydrogen-bond donors (Lipinski definition) is 1. The maximum Gasteiger partial charge on any atom is 0.190 e. The van der Waals surface area contributed by atoms with Crippen LogP contribution in [0.2, 0.25) is 0 Å². The van der Waals surface area contributed by atoms with Gasteiger partial charge in [0.15, 0.2) is 17.2 Å². The van der Waals surface area contributed by atoms with Crippen LogP contribution in [0.4, 0.5) is 5.69 Å². The summed E-state index contributed by atoms with van der Waals surface area (Å²) in [6.07, 6.45) is 6.35. The second-order valence-corrected chi connectivity index (χ2v) is 6.82. The molecule has 0 spiro atoms. The molecule has 0 unspecified atom stereocenters. The molecule has 4 fully saturated rings. The predicted molar refractivity (Wildman–Crippen MR) is 70.5 cm³/mol. The summed E-state index contributed by atoms with van der Waals surface area (Å²) in [7, 11) is 0. The third-order valence-corrected chi connectivity index (χ3v) is 5.67. The van der Waals surface area contributed by atoms with Gasteiger partial charge in [-0.3, -0.25) is 4.79 Å². The monoisotopic (exact) mass is 260 g/mol. The second kappa shape index (κ2) is 3.84. The highest BCUT2D eigenvalue weighted by atomic mass is 16.5. The van der Waals surface area contributed by atoms with Gasteiger partial charge in [0.1, 0.15) is 5.69 Å². The number of aryl methyl sites for hydroxylation is 1. The Hall–Kier alpha value is -1.32. The minimum atomic E-state index is 0.142. The van der Waals surface area contributed by atoms with E-state index in [9.17, 15) is 4.79 Å². The molecule has 0 atom stereocenters. The molecule has 0 amide bonds. The van der Waals surface area contributed by atoms with Crippen molar-refractivity contribution in [2.24, 2.45) is 29.6 Å². The number of carbonyl (C=O) groups is 1. The topological polar surface area (TPSA) is 69.1 Å². The number of nitrogens with two attached hydrogens (primary N) is 1. The van der Waals surface area contributed by atoms with Gasteiger partial charge in [-0.25, -0.2) is 0 Å². The first-order chi connectivity index (χ1) is 9.13. The van der Waals surface area contributed by atoms with Gasteiger partial charge in [-0.1, -0.05) is 5.16 Å². The molecule has 4 heteroatoms. The molecule has 0 saturated heterocycles. The average molecular weight is 260 g/mol. The molecule has 5 rings (SSSR count). The van der Waals surface area contributed by atoms with Crippen LogP contribution in [0.25, 0.3) is 0 Å². The number of carbonyl (C=O) groups excluding carboxylic acids is 1. The van der Waals surface area contributed by atoms with E-state index < -0.39 is 0 Å². The highest BCUT2D eigenvalue weighted by Crippen LogP contribution is 2.57. The molecule has 0 aliphatic heterocycles. The predicted octanol–water partition coefficient (Wildman–Crippen LogP) is 2.82. The lowest BCUT2D eigenvalue weighted by Crippen LogP contribution is -2.48. The minimum Gasteiger partial charge on any atom is -0.394 e. The van der Waals surface area contributed by atoms with E-state index in [1.165, 1.54) is 32.1 Å². The van der Waals surface area contributed by atoms with Crippen molar-refractivity contribution in [2.75, 3.05) is 5.73 Å². The van der Waals surface area contributed by atoms with E-state index in [0.29, 0.717) is 29.0 Å². The van der Waals surface area contributed by atoms with E-state index in [1.54, 1.807) is 6.92 Å². The zero-order chi connectivity index (χ0) is 13.1. The van der Waals surface area contributed by atoms with Gasteiger partial charge in [0.2, 0.25) is 0 Å². The fourth-order valence-corrected chi connectivity index (χ4v) is 5.07. The fraction of sp³-hybridized carbons (Fsp3) is 0.733. The van der Waals surface area contributed by atoms with E-state index in [1.807, 2.05) is 0 Å².